The van der Waals surface area contributed by atoms with E-state index in [0.717, 1.165) is 5.39 Å². The number of pyridine rings is 1. The normalized spacial score (nSPS) is 17.2. The highest BCUT2D eigenvalue weighted by Gasteiger charge is 2.34. The summed E-state index contributed by atoms with van der Waals surface area (Å²) in [5.74, 6) is 0.800. The molecule has 2 N–H and O–H groups in total. The Hall–Kier alpha value is -3.99. The van der Waals surface area contributed by atoms with Crippen molar-refractivity contribution in [2.45, 2.75) is 18.9 Å². The largest absolute Gasteiger partial charge is 0.469 e. The molecule has 3 aromatic rings. The van der Waals surface area contributed by atoms with Crippen molar-refractivity contribution >= 4 is 28.6 Å². The fourth-order valence-electron chi connectivity index (χ4n) is 4.29. The lowest BCUT2D eigenvalue weighted by Gasteiger charge is -2.20. The summed E-state index contributed by atoms with van der Waals surface area (Å²) in [7, 11) is 1.65. The molecule has 0 aliphatic carbocycles. The molecule has 0 saturated carbocycles. The first-order valence-electron chi connectivity index (χ1n) is 11.3. The molecule has 1 amide bonds. The summed E-state index contributed by atoms with van der Waals surface area (Å²) in [6.07, 6.45) is 1.72. The highest BCUT2D eigenvalue weighted by atomic mass is 19.1. The van der Waals surface area contributed by atoms with Crippen molar-refractivity contribution < 1.29 is 18.7 Å². The maximum Gasteiger partial charge on any atom is 0.416 e. The zero-order valence-electron chi connectivity index (χ0n) is 19.2. The van der Waals surface area contributed by atoms with Gasteiger partial charge >= 0.3 is 6.09 Å². The lowest BCUT2D eigenvalue weighted by atomic mass is 10.0. The monoisotopic (exact) mass is 480 g/mol. The summed E-state index contributed by atoms with van der Waals surface area (Å²) in [4.78, 5) is 34.4. The Morgan fingerprint density at radius 2 is 2.11 bits per heavy atom. The first kappa shape index (κ1) is 22.8. The number of rotatable bonds is 7. The van der Waals surface area contributed by atoms with Gasteiger partial charge in [0.2, 0.25) is 0 Å². The number of carbonyl (C=O) groups excluding carboxylic acids is 1. The summed E-state index contributed by atoms with van der Waals surface area (Å²) >= 11 is 0. The second-order valence-corrected chi connectivity index (χ2v) is 8.52. The maximum absolute atomic E-state index is 14.5. The third kappa shape index (κ3) is 4.54. The van der Waals surface area contributed by atoms with E-state index in [0.29, 0.717) is 73.4 Å². The molecule has 1 atom stereocenters. The SMILES string of the molecule is C=C1COc2ncc(N3C[C@H](CNCCCc4c(F)ccc5ccc(=O)n(C)c45)OC3=O)nc2N1. The lowest BCUT2D eigenvalue weighted by Crippen LogP contribution is -2.32. The molecular weight excluding hydrogens is 455 g/mol. The standard InChI is InChI=1S/C24H25FN6O4/c1-14-13-34-23-22(28-14)29-19(11-27-23)31-12-16(35-24(31)33)10-26-9-3-4-17-18(25)7-5-15-6-8-20(32)30(2)21(15)17/h5-8,11,16,26H,1,3-4,9-10,12-13H2,2H3,(H,28,29)/t16-/m0/s1. The number of hydrogen-bond acceptors (Lipinski definition) is 8. The van der Waals surface area contributed by atoms with Crippen molar-refractivity contribution in [2.24, 2.45) is 7.05 Å². The zero-order valence-corrected chi connectivity index (χ0v) is 19.2. The van der Waals surface area contributed by atoms with Crippen LogP contribution in [0.1, 0.15) is 12.0 Å². The van der Waals surface area contributed by atoms with E-state index in [1.165, 1.54) is 27.8 Å². The van der Waals surface area contributed by atoms with Gasteiger partial charge in [-0.15, -0.1) is 0 Å². The Morgan fingerprint density at radius 1 is 1.29 bits per heavy atom. The number of halogens is 1. The predicted octanol–water partition coefficient (Wildman–Crippen LogP) is 2.33. The number of ether oxygens (including phenoxy) is 2. The smallest absolute Gasteiger partial charge is 0.416 e. The van der Waals surface area contributed by atoms with Gasteiger partial charge in [-0.25, -0.2) is 19.2 Å². The molecule has 2 aromatic heterocycles. The molecule has 11 heteroatoms. The minimum absolute atomic E-state index is 0.174. The number of nitrogens with one attached hydrogen (secondary N) is 2. The average Bonchev–Trinajstić information content (AvgIpc) is 3.22. The Kier molecular flexibility index (Phi) is 6.08. The minimum atomic E-state index is -0.500. The van der Waals surface area contributed by atoms with Crippen LogP contribution in [0.3, 0.4) is 0 Å². The number of nitrogens with zero attached hydrogens (tertiary/aromatic N) is 4. The van der Waals surface area contributed by atoms with E-state index in [2.05, 4.69) is 27.2 Å². The molecule has 0 radical (unpaired) electrons. The molecule has 0 bridgehead atoms. The number of cyclic esters (lactones) is 1. The fourth-order valence-corrected chi connectivity index (χ4v) is 4.29. The van der Waals surface area contributed by atoms with Gasteiger partial charge in [-0.05, 0) is 43.0 Å². The first-order chi connectivity index (χ1) is 16.9. The van der Waals surface area contributed by atoms with Crippen molar-refractivity contribution in [1.82, 2.24) is 19.9 Å². The second kappa shape index (κ2) is 9.34. The predicted molar refractivity (Wildman–Crippen MR) is 128 cm³/mol. The number of hydrogen-bond donors (Lipinski definition) is 2. The zero-order chi connectivity index (χ0) is 24.5. The summed E-state index contributed by atoms with van der Waals surface area (Å²) in [5.41, 5.74) is 1.62. The number of fused-ring (bicyclic) bond motifs is 2. The van der Waals surface area contributed by atoms with Crippen LogP contribution in [0.2, 0.25) is 0 Å². The van der Waals surface area contributed by atoms with Gasteiger partial charge in [0, 0.05) is 30.9 Å². The van der Waals surface area contributed by atoms with Gasteiger partial charge in [-0.3, -0.25) is 9.69 Å². The Labute approximate surface area is 200 Å². The summed E-state index contributed by atoms with van der Waals surface area (Å²) < 4.78 is 26.9. The summed E-state index contributed by atoms with van der Waals surface area (Å²) in [6, 6.07) is 6.31. The van der Waals surface area contributed by atoms with Crippen LogP contribution in [0.5, 0.6) is 5.88 Å². The number of anilines is 2. The second-order valence-electron chi connectivity index (χ2n) is 8.52. The number of benzene rings is 1. The van der Waals surface area contributed by atoms with Crippen LogP contribution in [0, 0.1) is 5.82 Å². The lowest BCUT2D eigenvalue weighted by molar-refractivity contribution is 0.140. The van der Waals surface area contributed by atoms with Crippen molar-refractivity contribution in [2.75, 3.05) is 36.5 Å². The van der Waals surface area contributed by atoms with E-state index >= 15 is 0 Å². The van der Waals surface area contributed by atoms with Crippen molar-refractivity contribution in [3.8, 4) is 5.88 Å². The van der Waals surface area contributed by atoms with Gasteiger partial charge in [0.05, 0.1) is 18.3 Å². The van der Waals surface area contributed by atoms with Gasteiger partial charge in [0.1, 0.15) is 18.5 Å². The molecule has 10 nitrogen and oxygen atoms in total. The van der Waals surface area contributed by atoms with Crippen molar-refractivity contribution in [3.05, 3.63) is 64.5 Å². The Morgan fingerprint density at radius 3 is 2.97 bits per heavy atom. The molecule has 5 rings (SSSR count). The fraction of sp³-hybridized carbons (Fsp3) is 0.333. The van der Waals surface area contributed by atoms with Crippen LogP contribution in [0.15, 0.2) is 47.5 Å². The van der Waals surface area contributed by atoms with Crippen LogP contribution in [0.25, 0.3) is 10.9 Å². The molecule has 2 aliphatic heterocycles. The highest BCUT2D eigenvalue weighted by Crippen LogP contribution is 2.29. The summed E-state index contributed by atoms with van der Waals surface area (Å²) in [5, 5.41) is 7.09. The molecule has 35 heavy (non-hydrogen) atoms. The topological polar surface area (TPSA) is 111 Å². The van der Waals surface area contributed by atoms with Gasteiger partial charge in [0.25, 0.3) is 11.4 Å². The molecular formula is C24H25FN6O4. The first-order valence-corrected chi connectivity index (χ1v) is 11.3. The molecule has 4 heterocycles. The van der Waals surface area contributed by atoms with E-state index < -0.39 is 6.09 Å². The van der Waals surface area contributed by atoms with Crippen LogP contribution >= 0.6 is 0 Å². The summed E-state index contributed by atoms with van der Waals surface area (Å²) in [6.45, 7) is 5.47. The molecule has 2 aliphatic rings. The third-order valence-corrected chi connectivity index (χ3v) is 6.04. The molecule has 0 unspecified atom stereocenters. The van der Waals surface area contributed by atoms with Crippen LogP contribution in [0.4, 0.5) is 20.8 Å². The quantitative estimate of drug-likeness (QED) is 0.496. The maximum atomic E-state index is 14.5. The third-order valence-electron chi connectivity index (χ3n) is 6.04. The van der Waals surface area contributed by atoms with E-state index in [9.17, 15) is 14.0 Å². The number of aromatic nitrogens is 3. The molecule has 1 fully saturated rings. The Bertz CT molecular complexity index is 1370. The van der Waals surface area contributed by atoms with Crippen LogP contribution in [-0.2, 0) is 18.2 Å². The molecule has 1 aromatic carbocycles. The number of carbonyl (C=O) groups is 1. The van der Waals surface area contributed by atoms with Crippen molar-refractivity contribution in [3.63, 3.8) is 0 Å². The van der Waals surface area contributed by atoms with Gasteiger partial charge in [-0.1, -0.05) is 6.58 Å². The molecule has 0 spiro atoms. The van der Waals surface area contributed by atoms with Crippen molar-refractivity contribution in [1.29, 1.82) is 0 Å². The van der Waals surface area contributed by atoms with E-state index in [1.54, 1.807) is 19.2 Å². The number of aryl methyl sites for hydroxylation is 2. The van der Waals surface area contributed by atoms with E-state index in [4.69, 9.17) is 9.47 Å². The minimum Gasteiger partial charge on any atom is -0.469 e. The van der Waals surface area contributed by atoms with Gasteiger partial charge in [0.15, 0.2) is 11.6 Å². The van der Waals surface area contributed by atoms with Crippen LogP contribution < -0.4 is 25.8 Å². The Balaban J connectivity index is 1.15. The molecule has 1 saturated heterocycles. The number of amides is 1. The van der Waals surface area contributed by atoms with Gasteiger partial charge < -0.3 is 24.7 Å². The van der Waals surface area contributed by atoms with Crippen LogP contribution in [-0.4, -0.2) is 53.0 Å². The molecule has 182 valence electrons. The van der Waals surface area contributed by atoms with E-state index in [1.807, 2.05) is 0 Å². The highest BCUT2D eigenvalue weighted by molar-refractivity contribution is 5.88. The van der Waals surface area contributed by atoms with Gasteiger partial charge in [-0.2, -0.15) is 0 Å². The average molecular weight is 481 g/mol. The van der Waals surface area contributed by atoms with E-state index in [-0.39, 0.29) is 17.5 Å².